The second-order valence-corrected chi connectivity index (χ2v) is 4.83. The van der Waals surface area contributed by atoms with Crippen molar-refractivity contribution in [2.75, 3.05) is 18.6 Å². The van der Waals surface area contributed by atoms with Gasteiger partial charge in [-0.3, -0.25) is 0 Å². The van der Waals surface area contributed by atoms with Crippen molar-refractivity contribution in [2.45, 2.75) is 13.0 Å². The molecule has 0 fully saturated rings. The minimum Gasteiger partial charge on any atom is -0.496 e. The minimum absolute atomic E-state index is 0.0437. The van der Waals surface area contributed by atoms with Crippen LogP contribution in [-0.4, -0.2) is 34.7 Å². The summed E-state index contributed by atoms with van der Waals surface area (Å²) in [5.74, 6) is 0.538. The van der Waals surface area contributed by atoms with Crippen LogP contribution in [0.15, 0.2) is 30.6 Å². The molecule has 1 aliphatic rings. The molecule has 0 aliphatic carbocycles. The van der Waals surface area contributed by atoms with Gasteiger partial charge in [0.25, 0.3) is 0 Å². The highest BCUT2D eigenvalue weighted by atomic mass is 16.5. The molecule has 108 valence electrons. The van der Waals surface area contributed by atoms with Gasteiger partial charge in [0, 0.05) is 18.7 Å². The first kappa shape index (κ1) is 13.4. The van der Waals surface area contributed by atoms with Crippen LogP contribution in [-0.2, 0) is 13.0 Å². The maximum absolute atomic E-state index is 10.8. The first-order valence-corrected chi connectivity index (χ1v) is 6.64. The zero-order chi connectivity index (χ0) is 14.8. The van der Waals surface area contributed by atoms with Crippen LogP contribution in [0.3, 0.4) is 0 Å². The van der Waals surface area contributed by atoms with E-state index in [4.69, 9.17) is 9.84 Å². The predicted molar refractivity (Wildman–Crippen MR) is 76.7 cm³/mol. The van der Waals surface area contributed by atoms with Crippen LogP contribution in [0.2, 0.25) is 0 Å². The van der Waals surface area contributed by atoms with Gasteiger partial charge in [-0.25, -0.2) is 14.8 Å². The van der Waals surface area contributed by atoms with E-state index in [0.29, 0.717) is 12.4 Å². The summed E-state index contributed by atoms with van der Waals surface area (Å²) < 4.78 is 5.38. The summed E-state index contributed by atoms with van der Waals surface area (Å²) in [4.78, 5) is 21.0. The minimum atomic E-state index is -1.07. The van der Waals surface area contributed by atoms with Gasteiger partial charge >= 0.3 is 5.97 Å². The van der Waals surface area contributed by atoms with E-state index in [1.54, 1.807) is 7.11 Å². The molecule has 6 nitrogen and oxygen atoms in total. The third kappa shape index (κ3) is 2.52. The van der Waals surface area contributed by atoms with Crippen LogP contribution in [0.4, 0.5) is 5.82 Å². The third-order valence-corrected chi connectivity index (χ3v) is 3.62. The molecule has 0 unspecified atom stereocenters. The van der Waals surface area contributed by atoms with Gasteiger partial charge in [-0.1, -0.05) is 12.1 Å². The first-order chi connectivity index (χ1) is 10.2. The zero-order valence-corrected chi connectivity index (χ0v) is 11.6. The van der Waals surface area contributed by atoms with Crippen molar-refractivity contribution in [3.8, 4) is 5.75 Å². The molecule has 0 atom stereocenters. The van der Waals surface area contributed by atoms with Crippen molar-refractivity contribution in [3.63, 3.8) is 0 Å². The van der Waals surface area contributed by atoms with Crippen molar-refractivity contribution >= 4 is 11.8 Å². The topological polar surface area (TPSA) is 75.5 Å². The van der Waals surface area contributed by atoms with E-state index >= 15 is 0 Å². The van der Waals surface area contributed by atoms with Crippen LogP contribution < -0.4 is 9.64 Å². The Kier molecular flexibility index (Phi) is 3.43. The Hall–Kier alpha value is -2.63. The van der Waals surface area contributed by atoms with Gasteiger partial charge in [0.15, 0.2) is 5.69 Å². The van der Waals surface area contributed by atoms with Crippen LogP contribution in [0.25, 0.3) is 0 Å². The number of hydrogen-bond acceptors (Lipinski definition) is 5. The van der Waals surface area contributed by atoms with Crippen molar-refractivity contribution in [1.82, 2.24) is 9.97 Å². The van der Waals surface area contributed by atoms with Gasteiger partial charge in [0.2, 0.25) is 0 Å². The number of carboxylic acid groups (broad SMARTS) is 1. The molecule has 0 bridgehead atoms. The molecular formula is C15H15N3O3. The van der Waals surface area contributed by atoms with Crippen LogP contribution in [0, 0.1) is 0 Å². The predicted octanol–water partition coefficient (Wildman–Crippen LogP) is 1.75. The number of carbonyl (C=O) groups is 1. The highest BCUT2D eigenvalue weighted by Gasteiger charge is 2.20. The van der Waals surface area contributed by atoms with Gasteiger partial charge in [-0.15, -0.1) is 0 Å². The van der Waals surface area contributed by atoms with Crippen molar-refractivity contribution < 1.29 is 14.6 Å². The number of anilines is 1. The van der Waals surface area contributed by atoms with Gasteiger partial charge in [-0.05, 0) is 18.1 Å². The van der Waals surface area contributed by atoms with E-state index < -0.39 is 5.97 Å². The molecule has 21 heavy (non-hydrogen) atoms. The molecule has 1 N–H and O–H groups in total. The van der Waals surface area contributed by atoms with E-state index in [1.807, 2.05) is 12.1 Å². The molecule has 1 aliphatic heterocycles. The highest BCUT2D eigenvalue weighted by molar-refractivity contribution is 5.84. The van der Waals surface area contributed by atoms with Gasteiger partial charge < -0.3 is 14.7 Å². The average Bonchev–Trinajstić information content (AvgIpc) is 2.53. The SMILES string of the molecule is COc1cccc2c1CCN(c1cnc(C(=O)O)cn1)C2. The highest BCUT2D eigenvalue weighted by Crippen LogP contribution is 2.29. The average molecular weight is 285 g/mol. The van der Waals surface area contributed by atoms with E-state index in [-0.39, 0.29) is 5.69 Å². The third-order valence-electron chi connectivity index (χ3n) is 3.62. The fraction of sp³-hybridized carbons (Fsp3) is 0.267. The fourth-order valence-electron chi connectivity index (χ4n) is 2.56. The molecule has 0 spiro atoms. The van der Waals surface area contributed by atoms with Gasteiger partial charge in [-0.2, -0.15) is 0 Å². The van der Waals surface area contributed by atoms with Crippen molar-refractivity contribution in [3.05, 3.63) is 47.4 Å². The van der Waals surface area contributed by atoms with Gasteiger partial charge in [0.1, 0.15) is 11.6 Å². The summed E-state index contributed by atoms with van der Waals surface area (Å²) in [7, 11) is 1.68. The normalized spacial score (nSPS) is 13.7. The molecule has 0 amide bonds. The summed E-state index contributed by atoms with van der Waals surface area (Å²) in [6.45, 7) is 1.52. The molecule has 1 aromatic heterocycles. The Morgan fingerprint density at radius 2 is 2.19 bits per heavy atom. The number of hydrogen-bond donors (Lipinski definition) is 1. The number of fused-ring (bicyclic) bond motifs is 1. The Morgan fingerprint density at radius 3 is 2.86 bits per heavy atom. The molecule has 1 aromatic carbocycles. The lowest BCUT2D eigenvalue weighted by molar-refractivity contribution is 0.0690. The molecule has 0 radical (unpaired) electrons. The van der Waals surface area contributed by atoms with E-state index in [0.717, 1.165) is 18.7 Å². The summed E-state index contributed by atoms with van der Waals surface area (Å²) in [5.41, 5.74) is 2.38. The number of methoxy groups -OCH3 is 1. The summed E-state index contributed by atoms with van der Waals surface area (Å²) >= 11 is 0. The second kappa shape index (κ2) is 5.40. The number of aromatic carboxylic acids is 1. The van der Waals surface area contributed by atoms with Crippen LogP contribution in [0.5, 0.6) is 5.75 Å². The first-order valence-electron chi connectivity index (χ1n) is 6.64. The molecule has 3 rings (SSSR count). The van der Waals surface area contributed by atoms with Crippen LogP contribution in [0.1, 0.15) is 21.6 Å². The van der Waals surface area contributed by atoms with Gasteiger partial charge in [0.05, 0.1) is 19.5 Å². The Balaban J connectivity index is 1.84. The molecule has 6 heteroatoms. The standard InChI is InChI=1S/C15H15N3O3/c1-21-13-4-2-3-10-9-18(6-5-11(10)13)14-8-16-12(7-17-14)15(19)20/h2-4,7-8H,5-6,9H2,1H3,(H,19,20). The smallest absolute Gasteiger partial charge is 0.356 e. The largest absolute Gasteiger partial charge is 0.496 e. The number of carboxylic acids is 1. The van der Waals surface area contributed by atoms with Crippen LogP contribution >= 0.6 is 0 Å². The second-order valence-electron chi connectivity index (χ2n) is 4.83. The van der Waals surface area contributed by atoms with E-state index in [2.05, 4.69) is 20.9 Å². The van der Waals surface area contributed by atoms with E-state index in [1.165, 1.54) is 23.5 Å². The number of ether oxygens (including phenoxy) is 1. The Bertz CT molecular complexity index is 670. The number of rotatable bonds is 3. The molecular weight excluding hydrogens is 270 g/mol. The Morgan fingerprint density at radius 1 is 1.33 bits per heavy atom. The lowest BCUT2D eigenvalue weighted by Gasteiger charge is -2.30. The molecule has 0 saturated heterocycles. The number of aromatic nitrogens is 2. The molecule has 2 heterocycles. The Labute approximate surface area is 122 Å². The zero-order valence-electron chi connectivity index (χ0n) is 11.6. The molecule has 0 saturated carbocycles. The monoisotopic (exact) mass is 285 g/mol. The summed E-state index contributed by atoms with van der Waals surface area (Å²) in [6.07, 6.45) is 3.66. The summed E-state index contributed by atoms with van der Waals surface area (Å²) in [6, 6.07) is 6.01. The van der Waals surface area contributed by atoms with Crippen molar-refractivity contribution in [2.24, 2.45) is 0 Å². The number of benzene rings is 1. The van der Waals surface area contributed by atoms with Crippen molar-refractivity contribution in [1.29, 1.82) is 0 Å². The fourth-order valence-corrected chi connectivity index (χ4v) is 2.56. The summed E-state index contributed by atoms with van der Waals surface area (Å²) in [5, 5.41) is 8.84. The molecule has 2 aromatic rings. The maximum atomic E-state index is 10.8. The lowest BCUT2D eigenvalue weighted by Crippen LogP contribution is -2.31. The number of nitrogens with zero attached hydrogens (tertiary/aromatic N) is 3. The quantitative estimate of drug-likeness (QED) is 0.926. The maximum Gasteiger partial charge on any atom is 0.356 e. The lowest BCUT2D eigenvalue weighted by atomic mass is 9.99. The van der Waals surface area contributed by atoms with E-state index in [9.17, 15) is 4.79 Å².